The normalized spacial score (nSPS) is 22.3. The van der Waals surface area contributed by atoms with Gasteiger partial charge >= 0.3 is 0 Å². The Bertz CT molecular complexity index is 1420. The lowest BCUT2D eigenvalue weighted by Crippen LogP contribution is -2.50. The van der Waals surface area contributed by atoms with Crippen molar-refractivity contribution in [3.8, 4) is 0 Å². The highest BCUT2D eigenvalue weighted by molar-refractivity contribution is 9.10. The summed E-state index contributed by atoms with van der Waals surface area (Å²) in [5.74, 6) is 0.292. The first-order chi connectivity index (χ1) is 15.4. The Morgan fingerprint density at radius 3 is 2.94 bits per heavy atom. The van der Waals surface area contributed by atoms with Gasteiger partial charge in [-0.05, 0) is 36.2 Å². The molecule has 0 bridgehead atoms. The van der Waals surface area contributed by atoms with Crippen LogP contribution in [0.5, 0.6) is 0 Å². The number of nitrogens with two attached hydrogens (primary N) is 1. The number of aromatic nitrogens is 4. The molecule has 1 saturated heterocycles. The summed E-state index contributed by atoms with van der Waals surface area (Å²) in [6, 6.07) is 7.91. The molecule has 0 saturated carbocycles. The van der Waals surface area contributed by atoms with E-state index in [9.17, 15) is 4.79 Å². The first kappa shape index (κ1) is 19.6. The SMILES string of the molecule is C[C@@H]1CN(C(=O)c2cc3c(cn2)nc(N)c2cnn(C)c23)[C@H]2c3ccc(Br)cc3C[C@H]2O1. The van der Waals surface area contributed by atoms with Gasteiger partial charge in [0.1, 0.15) is 11.5 Å². The summed E-state index contributed by atoms with van der Waals surface area (Å²) < 4.78 is 9.01. The summed E-state index contributed by atoms with van der Waals surface area (Å²) in [4.78, 5) is 24.6. The smallest absolute Gasteiger partial charge is 0.273 e. The average Bonchev–Trinajstić information content (AvgIpc) is 3.33. The molecule has 0 unspecified atom stereocenters. The number of hydrogen-bond acceptors (Lipinski definition) is 6. The molecule has 4 aromatic rings. The summed E-state index contributed by atoms with van der Waals surface area (Å²) in [6.07, 6.45) is 3.99. The highest BCUT2D eigenvalue weighted by Gasteiger charge is 2.44. The highest BCUT2D eigenvalue weighted by Crippen LogP contribution is 2.42. The van der Waals surface area contributed by atoms with Gasteiger partial charge in [-0.25, -0.2) is 9.97 Å². The summed E-state index contributed by atoms with van der Waals surface area (Å²) >= 11 is 3.55. The van der Waals surface area contributed by atoms with Crippen molar-refractivity contribution < 1.29 is 9.53 Å². The van der Waals surface area contributed by atoms with Crippen molar-refractivity contribution in [2.45, 2.75) is 31.6 Å². The average molecular weight is 493 g/mol. The van der Waals surface area contributed by atoms with E-state index in [0.29, 0.717) is 23.6 Å². The van der Waals surface area contributed by atoms with E-state index < -0.39 is 0 Å². The number of aryl methyl sites for hydroxylation is 1. The Balaban J connectivity index is 1.46. The van der Waals surface area contributed by atoms with E-state index in [1.54, 1.807) is 23.1 Å². The van der Waals surface area contributed by atoms with Crippen LogP contribution in [0.25, 0.3) is 21.8 Å². The van der Waals surface area contributed by atoms with Crippen LogP contribution in [0.3, 0.4) is 0 Å². The topological polar surface area (TPSA) is 99.2 Å². The molecule has 0 radical (unpaired) electrons. The van der Waals surface area contributed by atoms with Gasteiger partial charge in [-0.3, -0.25) is 9.48 Å². The standard InChI is InChI=1S/C23H21BrN6O2/c1-11-10-30(21-14-4-3-13(24)5-12(14)6-19(21)32-11)23(31)17-7-15-18(9-26-17)28-22(25)16-8-27-29(2)20(15)16/h3-5,7-9,11,19,21H,6,10H2,1-2H3,(H2,25,28)/t11-,19-,21+/m1/s1. The number of ether oxygens (including phenoxy) is 1. The van der Waals surface area contributed by atoms with Gasteiger partial charge in [0, 0.05) is 29.9 Å². The van der Waals surface area contributed by atoms with Crippen LogP contribution in [0.1, 0.15) is 34.6 Å². The van der Waals surface area contributed by atoms with E-state index in [0.717, 1.165) is 32.7 Å². The number of anilines is 1. The second-order valence-electron chi connectivity index (χ2n) is 8.55. The molecule has 32 heavy (non-hydrogen) atoms. The quantitative estimate of drug-likeness (QED) is 0.437. The van der Waals surface area contributed by atoms with Gasteiger partial charge in [-0.1, -0.05) is 22.0 Å². The van der Waals surface area contributed by atoms with Crippen LogP contribution in [-0.4, -0.2) is 49.3 Å². The number of carbonyl (C=O) groups is 1. The molecule has 2 N–H and O–H groups in total. The zero-order valence-electron chi connectivity index (χ0n) is 17.6. The molecule has 2 aliphatic rings. The minimum atomic E-state index is -0.124. The van der Waals surface area contributed by atoms with E-state index >= 15 is 0 Å². The first-order valence-electron chi connectivity index (χ1n) is 10.5. The molecule has 8 nitrogen and oxygen atoms in total. The minimum absolute atomic E-state index is 0.0522. The van der Waals surface area contributed by atoms with Crippen molar-refractivity contribution in [2.24, 2.45) is 7.05 Å². The molecule has 3 atom stereocenters. The molecule has 6 rings (SSSR count). The lowest BCUT2D eigenvalue weighted by Gasteiger charge is -2.41. The zero-order valence-corrected chi connectivity index (χ0v) is 19.2. The molecule has 1 aromatic carbocycles. The molecule has 1 amide bonds. The van der Waals surface area contributed by atoms with Gasteiger partial charge in [-0.15, -0.1) is 0 Å². The van der Waals surface area contributed by atoms with Gasteiger partial charge in [0.05, 0.1) is 47.1 Å². The maximum atomic E-state index is 13.8. The number of halogens is 1. The summed E-state index contributed by atoms with van der Waals surface area (Å²) in [5.41, 5.74) is 10.3. The number of nitrogens with zero attached hydrogens (tertiary/aromatic N) is 5. The van der Waals surface area contributed by atoms with Gasteiger partial charge in [0.15, 0.2) is 0 Å². The molecule has 9 heteroatoms. The Morgan fingerprint density at radius 2 is 2.09 bits per heavy atom. The van der Waals surface area contributed by atoms with Crippen LogP contribution in [0.4, 0.5) is 5.82 Å². The number of hydrogen-bond donors (Lipinski definition) is 1. The molecule has 4 heterocycles. The van der Waals surface area contributed by atoms with E-state index in [1.807, 2.05) is 24.9 Å². The number of amides is 1. The van der Waals surface area contributed by atoms with Crippen molar-refractivity contribution in [2.75, 3.05) is 12.3 Å². The second kappa shape index (κ2) is 6.98. The van der Waals surface area contributed by atoms with Gasteiger partial charge < -0.3 is 15.4 Å². The molecular weight excluding hydrogens is 472 g/mol. The van der Waals surface area contributed by atoms with E-state index in [4.69, 9.17) is 10.5 Å². The predicted octanol–water partition coefficient (Wildman–Crippen LogP) is 3.39. The monoisotopic (exact) mass is 492 g/mol. The largest absolute Gasteiger partial charge is 0.383 e. The zero-order chi connectivity index (χ0) is 22.1. The maximum absolute atomic E-state index is 13.8. The lowest BCUT2D eigenvalue weighted by atomic mass is 10.0. The van der Waals surface area contributed by atoms with Crippen molar-refractivity contribution in [1.29, 1.82) is 0 Å². The molecule has 162 valence electrons. The third kappa shape index (κ3) is 2.84. The first-order valence-corrected chi connectivity index (χ1v) is 11.3. The molecule has 0 spiro atoms. The van der Waals surface area contributed by atoms with Crippen LogP contribution in [-0.2, 0) is 18.2 Å². The minimum Gasteiger partial charge on any atom is -0.383 e. The van der Waals surface area contributed by atoms with Crippen LogP contribution >= 0.6 is 15.9 Å². The summed E-state index contributed by atoms with van der Waals surface area (Å²) in [7, 11) is 1.85. The van der Waals surface area contributed by atoms with Crippen LogP contribution < -0.4 is 5.73 Å². The number of carbonyl (C=O) groups excluding carboxylic acids is 1. The van der Waals surface area contributed by atoms with E-state index in [2.05, 4.69) is 43.1 Å². The highest BCUT2D eigenvalue weighted by atomic mass is 79.9. The number of fused-ring (bicyclic) bond motifs is 6. The van der Waals surface area contributed by atoms with Crippen LogP contribution in [0, 0.1) is 0 Å². The number of rotatable bonds is 1. The van der Waals surface area contributed by atoms with Gasteiger partial charge in [0.2, 0.25) is 0 Å². The third-order valence-corrected chi connectivity index (χ3v) is 6.96. The summed E-state index contributed by atoms with van der Waals surface area (Å²) in [5, 5.41) is 5.89. The fourth-order valence-corrected chi connectivity index (χ4v) is 5.53. The number of benzene rings is 1. The van der Waals surface area contributed by atoms with Gasteiger partial charge in [-0.2, -0.15) is 5.10 Å². The molecule has 1 aliphatic carbocycles. The van der Waals surface area contributed by atoms with Gasteiger partial charge in [0.25, 0.3) is 5.91 Å². The maximum Gasteiger partial charge on any atom is 0.273 e. The molecule has 1 fully saturated rings. The van der Waals surface area contributed by atoms with Crippen molar-refractivity contribution >= 4 is 49.5 Å². The Labute approximate surface area is 192 Å². The Hall–Kier alpha value is -3.04. The third-order valence-electron chi connectivity index (χ3n) is 6.47. The molecule has 1 aliphatic heterocycles. The Kier molecular flexibility index (Phi) is 4.28. The molecule has 3 aromatic heterocycles. The molecular formula is C23H21BrN6O2. The van der Waals surface area contributed by atoms with Crippen molar-refractivity contribution in [3.05, 3.63) is 58.0 Å². The van der Waals surface area contributed by atoms with Crippen molar-refractivity contribution in [3.63, 3.8) is 0 Å². The number of pyridine rings is 2. The van der Waals surface area contributed by atoms with E-state index in [1.165, 1.54) is 5.56 Å². The van der Waals surface area contributed by atoms with Crippen LogP contribution in [0.2, 0.25) is 0 Å². The lowest BCUT2D eigenvalue weighted by molar-refractivity contribution is -0.0938. The second-order valence-corrected chi connectivity index (χ2v) is 9.46. The van der Waals surface area contributed by atoms with Crippen LogP contribution in [0.15, 0.2) is 41.1 Å². The fraction of sp³-hybridized carbons (Fsp3) is 0.304. The predicted molar refractivity (Wildman–Crippen MR) is 124 cm³/mol. The summed E-state index contributed by atoms with van der Waals surface area (Å²) in [6.45, 7) is 2.52. The Morgan fingerprint density at radius 1 is 1.25 bits per heavy atom. The van der Waals surface area contributed by atoms with E-state index in [-0.39, 0.29) is 24.2 Å². The number of nitrogen functional groups attached to an aromatic ring is 1. The number of morpholine rings is 1. The fourth-order valence-electron chi connectivity index (χ4n) is 5.13. The van der Waals surface area contributed by atoms with Crippen molar-refractivity contribution in [1.82, 2.24) is 24.6 Å².